The zero-order valence-corrected chi connectivity index (χ0v) is 11.9. The minimum Gasteiger partial charge on any atom is -0.441 e. The van der Waals surface area contributed by atoms with Crippen LogP contribution >= 0.6 is 0 Å². The third-order valence-electron chi connectivity index (χ3n) is 2.44. The Labute approximate surface area is 103 Å². The fourth-order valence-corrected chi connectivity index (χ4v) is 1.78. The molecule has 0 fully saturated rings. The molecule has 0 bridgehead atoms. The van der Waals surface area contributed by atoms with Gasteiger partial charge in [0.15, 0.2) is 0 Å². The number of aryl methyl sites for hydroxylation is 2. The van der Waals surface area contributed by atoms with Crippen molar-refractivity contribution in [3.63, 3.8) is 0 Å². The molecule has 0 unspecified atom stereocenters. The molecule has 0 spiro atoms. The fourth-order valence-electron chi connectivity index (χ4n) is 1.78. The van der Waals surface area contributed by atoms with Crippen molar-refractivity contribution >= 4 is 11.2 Å². The van der Waals surface area contributed by atoms with Gasteiger partial charge in [-0.1, -0.05) is 34.6 Å². The van der Waals surface area contributed by atoms with Gasteiger partial charge in [-0.05, 0) is 13.8 Å². The standard InChI is InChI=1S/C12H16N2O.C2H6/c1-7-6-13-11-9(14-7)8(2)10(15-11)12(3,4)5;1-2/h6H,1-5H3;1-2H3. The topological polar surface area (TPSA) is 38.9 Å². The van der Waals surface area contributed by atoms with Gasteiger partial charge in [-0.3, -0.25) is 0 Å². The highest BCUT2D eigenvalue weighted by Gasteiger charge is 2.24. The summed E-state index contributed by atoms with van der Waals surface area (Å²) >= 11 is 0. The monoisotopic (exact) mass is 234 g/mol. The van der Waals surface area contributed by atoms with Crippen LogP contribution in [0.4, 0.5) is 0 Å². The Hall–Kier alpha value is -1.38. The van der Waals surface area contributed by atoms with Crippen molar-refractivity contribution in [2.45, 2.75) is 53.9 Å². The molecule has 0 N–H and O–H groups in total. The number of furan rings is 1. The highest BCUT2D eigenvalue weighted by Crippen LogP contribution is 2.31. The van der Waals surface area contributed by atoms with Crippen LogP contribution in [0.2, 0.25) is 0 Å². The molecule has 94 valence electrons. The lowest BCUT2D eigenvalue weighted by Gasteiger charge is -2.15. The second kappa shape index (κ2) is 4.86. The van der Waals surface area contributed by atoms with Crippen molar-refractivity contribution in [2.75, 3.05) is 0 Å². The Kier molecular flexibility index (Phi) is 3.91. The molecule has 2 aromatic rings. The van der Waals surface area contributed by atoms with Crippen LogP contribution in [-0.4, -0.2) is 9.97 Å². The van der Waals surface area contributed by atoms with Crippen LogP contribution in [0.1, 0.15) is 51.6 Å². The molecule has 0 aliphatic rings. The molecule has 17 heavy (non-hydrogen) atoms. The predicted molar refractivity (Wildman–Crippen MR) is 71.3 cm³/mol. The third-order valence-corrected chi connectivity index (χ3v) is 2.44. The molecule has 0 radical (unpaired) electrons. The molecule has 2 rings (SSSR count). The van der Waals surface area contributed by atoms with E-state index in [0.717, 1.165) is 22.5 Å². The molecule has 0 saturated heterocycles. The Morgan fingerprint density at radius 1 is 1.12 bits per heavy atom. The molecule has 0 aliphatic heterocycles. The number of hydrogen-bond donors (Lipinski definition) is 0. The minimum atomic E-state index is 0.000365. The SMILES string of the molecule is CC.Cc1cnc2oc(C(C)(C)C)c(C)c2n1. The molecule has 0 aliphatic carbocycles. The van der Waals surface area contributed by atoms with Gasteiger partial charge >= 0.3 is 0 Å². The quantitative estimate of drug-likeness (QED) is 0.687. The van der Waals surface area contributed by atoms with E-state index < -0.39 is 0 Å². The first-order chi connectivity index (χ1) is 7.89. The van der Waals surface area contributed by atoms with E-state index in [0.29, 0.717) is 5.71 Å². The zero-order chi connectivity index (χ0) is 13.2. The molecule has 3 nitrogen and oxygen atoms in total. The van der Waals surface area contributed by atoms with Crippen LogP contribution in [0.15, 0.2) is 10.6 Å². The van der Waals surface area contributed by atoms with Crippen LogP contribution in [-0.2, 0) is 5.41 Å². The normalized spacial score (nSPS) is 11.2. The summed E-state index contributed by atoms with van der Waals surface area (Å²) in [7, 11) is 0. The van der Waals surface area contributed by atoms with Gasteiger partial charge in [-0.15, -0.1) is 0 Å². The second-order valence-corrected chi connectivity index (χ2v) is 4.97. The average molecular weight is 234 g/mol. The predicted octanol–water partition coefficient (Wildman–Crippen LogP) is 4.16. The Bertz CT molecular complexity index is 507. The maximum Gasteiger partial charge on any atom is 0.245 e. The van der Waals surface area contributed by atoms with Crippen LogP contribution in [0.3, 0.4) is 0 Å². The fraction of sp³-hybridized carbons (Fsp3) is 0.571. The summed E-state index contributed by atoms with van der Waals surface area (Å²) in [6, 6.07) is 0. The van der Waals surface area contributed by atoms with Crippen molar-refractivity contribution in [1.29, 1.82) is 0 Å². The van der Waals surface area contributed by atoms with Gasteiger partial charge in [0.1, 0.15) is 11.3 Å². The first kappa shape index (κ1) is 13.7. The van der Waals surface area contributed by atoms with E-state index in [2.05, 4.69) is 30.7 Å². The molecule has 0 aromatic carbocycles. The minimum absolute atomic E-state index is 0.000365. The van der Waals surface area contributed by atoms with Gasteiger partial charge in [0.05, 0.1) is 11.9 Å². The summed E-state index contributed by atoms with van der Waals surface area (Å²) in [5.74, 6) is 0.975. The average Bonchev–Trinajstić information content (AvgIpc) is 2.59. The molecule has 0 atom stereocenters. The largest absolute Gasteiger partial charge is 0.441 e. The van der Waals surface area contributed by atoms with Crippen molar-refractivity contribution in [3.8, 4) is 0 Å². The Morgan fingerprint density at radius 2 is 1.71 bits per heavy atom. The number of rotatable bonds is 0. The lowest BCUT2D eigenvalue weighted by molar-refractivity contribution is 0.422. The molecule has 3 heteroatoms. The maximum absolute atomic E-state index is 5.74. The summed E-state index contributed by atoms with van der Waals surface area (Å²) in [6.45, 7) is 14.4. The van der Waals surface area contributed by atoms with Gasteiger partial charge in [-0.2, -0.15) is 0 Å². The first-order valence-corrected chi connectivity index (χ1v) is 6.13. The lowest BCUT2D eigenvalue weighted by Crippen LogP contribution is -2.11. The summed E-state index contributed by atoms with van der Waals surface area (Å²) < 4.78 is 5.74. The lowest BCUT2D eigenvalue weighted by atomic mass is 9.91. The summed E-state index contributed by atoms with van der Waals surface area (Å²) in [6.07, 6.45) is 1.73. The number of hydrogen-bond acceptors (Lipinski definition) is 3. The van der Waals surface area contributed by atoms with E-state index in [1.165, 1.54) is 0 Å². The molecule has 0 saturated carbocycles. The number of aromatic nitrogens is 2. The van der Waals surface area contributed by atoms with Crippen LogP contribution < -0.4 is 0 Å². The highest BCUT2D eigenvalue weighted by atomic mass is 16.3. The zero-order valence-electron chi connectivity index (χ0n) is 11.9. The van der Waals surface area contributed by atoms with E-state index in [-0.39, 0.29) is 5.41 Å². The van der Waals surface area contributed by atoms with Crippen LogP contribution in [0.25, 0.3) is 11.2 Å². The van der Waals surface area contributed by atoms with Crippen molar-refractivity contribution in [3.05, 3.63) is 23.2 Å². The Morgan fingerprint density at radius 3 is 2.24 bits per heavy atom. The number of nitrogens with zero attached hydrogens (tertiary/aromatic N) is 2. The van der Waals surface area contributed by atoms with Crippen LogP contribution in [0, 0.1) is 13.8 Å². The number of fused-ring (bicyclic) bond motifs is 1. The van der Waals surface area contributed by atoms with E-state index in [1.54, 1.807) is 6.20 Å². The maximum atomic E-state index is 5.74. The van der Waals surface area contributed by atoms with Crippen LogP contribution in [0.5, 0.6) is 0 Å². The van der Waals surface area contributed by atoms with Gasteiger partial charge in [0.25, 0.3) is 0 Å². The third kappa shape index (κ3) is 2.65. The smallest absolute Gasteiger partial charge is 0.245 e. The van der Waals surface area contributed by atoms with E-state index in [9.17, 15) is 0 Å². The van der Waals surface area contributed by atoms with Gasteiger partial charge in [0.2, 0.25) is 5.71 Å². The first-order valence-electron chi connectivity index (χ1n) is 6.13. The molecular weight excluding hydrogens is 212 g/mol. The molecule has 2 heterocycles. The summed E-state index contributed by atoms with van der Waals surface area (Å²) in [5.41, 5.74) is 3.56. The van der Waals surface area contributed by atoms with Crippen molar-refractivity contribution < 1.29 is 4.42 Å². The van der Waals surface area contributed by atoms with Gasteiger partial charge in [-0.25, -0.2) is 9.97 Å². The van der Waals surface area contributed by atoms with E-state index >= 15 is 0 Å². The van der Waals surface area contributed by atoms with E-state index in [1.807, 2.05) is 27.7 Å². The second-order valence-electron chi connectivity index (χ2n) is 4.97. The van der Waals surface area contributed by atoms with Crippen molar-refractivity contribution in [1.82, 2.24) is 9.97 Å². The molecule has 0 amide bonds. The van der Waals surface area contributed by atoms with Gasteiger partial charge in [0, 0.05) is 11.0 Å². The highest BCUT2D eigenvalue weighted by molar-refractivity contribution is 5.74. The van der Waals surface area contributed by atoms with Gasteiger partial charge < -0.3 is 4.42 Å². The molecule has 2 aromatic heterocycles. The molecular formula is C14H22N2O. The summed E-state index contributed by atoms with van der Waals surface area (Å²) in [5, 5.41) is 0. The Balaban J connectivity index is 0.000000686. The van der Waals surface area contributed by atoms with Crippen molar-refractivity contribution in [2.24, 2.45) is 0 Å². The van der Waals surface area contributed by atoms with E-state index in [4.69, 9.17) is 4.42 Å². The summed E-state index contributed by atoms with van der Waals surface area (Å²) in [4.78, 5) is 8.70.